The Morgan fingerprint density at radius 3 is 2.50 bits per heavy atom. The molecule has 2 rings (SSSR count). The van der Waals surface area contributed by atoms with Crippen LogP contribution in [0.5, 0.6) is 0 Å². The van der Waals surface area contributed by atoms with Gasteiger partial charge in [0.15, 0.2) is 8.32 Å². The van der Waals surface area contributed by atoms with Crippen LogP contribution in [0.4, 0.5) is 0 Å². The smallest absolute Gasteiger partial charge is 0.192 e. The molecule has 1 aromatic carbocycles. The zero-order valence-electron chi connectivity index (χ0n) is 13.0. The Morgan fingerprint density at radius 2 is 1.90 bits per heavy atom. The number of furan rings is 1. The third kappa shape index (κ3) is 3.14. The predicted octanol–water partition coefficient (Wildman–Crippen LogP) is 4.45. The summed E-state index contributed by atoms with van der Waals surface area (Å²) >= 11 is 0. The van der Waals surface area contributed by atoms with Gasteiger partial charge in [0, 0.05) is 5.39 Å². The Balaban J connectivity index is 2.15. The standard InChI is InChI=1S/C16H24O3Si/c1-16(2,3)20(4,5)18-11-14-9-13-8-12(10-17)6-7-15(13)19-14/h6-9,17H,10-11H2,1-5H3. The van der Waals surface area contributed by atoms with E-state index in [1.54, 1.807) is 0 Å². The molecule has 0 fully saturated rings. The van der Waals surface area contributed by atoms with E-state index in [1.165, 1.54) is 0 Å². The van der Waals surface area contributed by atoms with Gasteiger partial charge in [0.2, 0.25) is 0 Å². The van der Waals surface area contributed by atoms with E-state index in [0.29, 0.717) is 6.61 Å². The Labute approximate surface area is 121 Å². The van der Waals surface area contributed by atoms with E-state index >= 15 is 0 Å². The molecule has 0 saturated carbocycles. The zero-order valence-corrected chi connectivity index (χ0v) is 14.0. The maximum absolute atomic E-state index is 9.15. The molecule has 4 heteroatoms. The van der Waals surface area contributed by atoms with Gasteiger partial charge in [0.25, 0.3) is 0 Å². The fourth-order valence-electron chi connectivity index (χ4n) is 1.79. The van der Waals surface area contributed by atoms with Crippen LogP contribution in [0, 0.1) is 0 Å². The first kappa shape index (κ1) is 15.3. The van der Waals surface area contributed by atoms with Crippen molar-refractivity contribution in [2.75, 3.05) is 0 Å². The van der Waals surface area contributed by atoms with E-state index in [2.05, 4.69) is 33.9 Å². The van der Waals surface area contributed by atoms with Gasteiger partial charge in [-0.15, -0.1) is 0 Å². The van der Waals surface area contributed by atoms with Crippen LogP contribution in [-0.4, -0.2) is 13.4 Å². The molecule has 2 aromatic rings. The Morgan fingerprint density at radius 1 is 1.20 bits per heavy atom. The molecule has 110 valence electrons. The molecular weight excluding hydrogens is 268 g/mol. The van der Waals surface area contributed by atoms with Gasteiger partial charge >= 0.3 is 0 Å². The Kier molecular flexibility index (Phi) is 4.09. The molecule has 1 heterocycles. The summed E-state index contributed by atoms with van der Waals surface area (Å²) in [5.74, 6) is 0.847. The second-order valence-electron chi connectivity index (χ2n) is 6.79. The average molecular weight is 292 g/mol. The number of rotatable bonds is 4. The van der Waals surface area contributed by atoms with Crippen LogP contribution < -0.4 is 0 Å². The highest BCUT2D eigenvalue weighted by atomic mass is 28.4. The lowest BCUT2D eigenvalue weighted by Crippen LogP contribution is -2.40. The van der Waals surface area contributed by atoms with Crippen molar-refractivity contribution < 1.29 is 13.9 Å². The summed E-state index contributed by atoms with van der Waals surface area (Å²) in [5.41, 5.74) is 1.74. The molecule has 0 saturated heterocycles. The van der Waals surface area contributed by atoms with Crippen molar-refractivity contribution in [1.82, 2.24) is 0 Å². The highest BCUT2D eigenvalue weighted by molar-refractivity contribution is 6.74. The number of benzene rings is 1. The molecule has 0 aliphatic carbocycles. The van der Waals surface area contributed by atoms with E-state index in [-0.39, 0.29) is 11.6 Å². The van der Waals surface area contributed by atoms with Gasteiger partial charge in [-0.1, -0.05) is 26.8 Å². The minimum atomic E-state index is -1.75. The quantitative estimate of drug-likeness (QED) is 0.847. The summed E-state index contributed by atoms with van der Waals surface area (Å²) in [6.07, 6.45) is 0. The number of aliphatic hydroxyl groups excluding tert-OH is 1. The molecule has 1 N–H and O–H groups in total. The van der Waals surface area contributed by atoms with Crippen molar-refractivity contribution >= 4 is 19.3 Å². The summed E-state index contributed by atoms with van der Waals surface area (Å²) in [4.78, 5) is 0. The first-order valence-corrected chi connectivity index (χ1v) is 9.90. The lowest BCUT2D eigenvalue weighted by molar-refractivity contribution is 0.249. The van der Waals surface area contributed by atoms with Crippen molar-refractivity contribution in [3.63, 3.8) is 0 Å². The molecule has 0 unspecified atom stereocenters. The first-order chi connectivity index (χ1) is 9.23. The van der Waals surface area contributed by atoms with Crippen molar-refractivity contribution in [2.45, 2.75) is 52.1 Å². The lowest BCUT2D eigenvalue weighted by Gasteiger charge is -2.35. The maximum atomic E-state index is 9.15. The van der Waals surface area contributed by atoms with Crippen molar-refractivity contribution in [3.8, 4) is 0 Å². The van der Waals surface area contributed by atoms with Crippen molar-refractivity contribution in [2.24, 2.45) is 0 Å². The minimum Gasteiger partial charge on any atom is -0.459 e. The normalized spacial score (nSPS) is 13.1. The van der Waals surface area contributed by atoms with Crippen LogP contribution in [0.1, 0.15) is 32.1 Å². The van der Waals surface area contributed by atoms with Gasteiger partial charge in [-0.25, -0.2) is 0 Å². The molecule has 0 atom stereocenters. The fraction of sp³-hybridized carbons (Fsp3) is 0.500. The van der Waals surface area contributed by atoms with Gasteiger partial charge in [-0.3, -0.25) is 0 Å². The summed E-state index contributed by atoms with van der Waals surface area (Å²) < 4.78 is 12.0. The van der Waals surface area contributed by atoms with Crippen LogP contribution in [0.25, 0.3) is 11.0 Å². The fourth-order valence-corrected chi connectivity index (χ4v) is 2.72. The van der Waals surface area contributed by atoms with Crippen LogP contribution in [0.15, 0.2) is 28.7 Å². The summed E-state index contributed by atoms with van der Waals surface area (Å²) in [5, 5.41) is 10.4. The van der Waals surface area contributed by atoms with E-state index in [0.717, 1.165) is 22.3 Å². The zero-order chi connectivity index (χ0) is 15.0. The topological polar surface area (TPSA) is 42.6 Å². The lowest BCUT2D eigenvalue weighted by atomic mass is 10.2. The molecule has 0 aliphatic rings. The van der Waals surface area contributed by atoms with Crippen LogP contribution in [-0.2, 0) is 17.6 Å². The molecule has 0 amide bonds. The molecule has 1 aromatic heterocycles. The summed E-state index contributed by atoms with van der Waals surface area (Å²) in [6, 6.07) is 7.73. The number of fused-ring (bicyclic) bond motifs is 1. The van der Waals surface area contributed by atoms with Crippen LogP contribution in [0.3, 0.4) is 0 Å². The van der Waals surface area contributed by atoms with Gasteiger partial charge < -0.3 is 13.9 Å². The van der Waals surface area contributed by atoms with Gasteiger partial charge in [0.1, 0.15) is 11.3 Å². The highest BCUT2D eigenvalue weighted by Gasteiger charge is 2.37. The Hall–Kier alpha value is -1.10. The van der Waals surface area contributed by atoms with Crippen LogP contribution in [0.2, 0.25) is 18.1 Å². The monoisotopic (exact) mass is 292 g/mol. The van der Waals surface area contributed by atoms with E-state index in [4.69, 9.17) is 13.9 Å². The number of hydrogen-bond acceptors (Lipinski definition) is 3. The number of hydrogen-bond donors (Lipinski definition) is 1. The Bertz CT molecular complexity index is 593. The maximum Gasteiger partial charge on any atom is 0.192 e. The molecule has 20 heavy (non-hydrogen) atoms. The largest absolute Gasteiger partial charge is 0.459 e. The molecule has 0 aliphatic heterocycles. The second kappa shape index (κ2) is 5.35. The summed E-state index contributed by atoms with van der Waals surface area (Å²) in [7, 11) is -1.75. The summed E-state index contributed by atoms with van der Waals surface area (Å²) in [6.45, 7) is 11.7. The third-order valence-corrected chi connectivity index (χ3v) is 8.67. The number of aliphatic hydroxyl groups is 1. The molecule has 0 bridgehead atoms. The third-order valence-electron chi connectivity index (χ3n) is 4.20. The predicted molar refractivity (Wildman–Crippen MR) is 84.1 cm³/mol. The average Bonchev–Trinajstić information content (AvgIpc) is 2.76. The second-order valence-corrected chi connectivity index (χ2v) is 11.6. The van der Waals surface area contributed by atoms with Gasteiger partial charge in [-0.2, -0.15) is 0 Å². The van der Waals surface area contributed by atoms with Crippen LogP contribution >= 0.6 is 0 Å². The molecular formula is C16H24O3Si. The van der Waals surface area contributed by atoms with E-state index < -0.39 is 8.32 Å². The minimum absolute atomic E-state index is 0.0525. The van der Waals surface area contributed by atoms with E-state index in [1.807, 2.05) is 24.3 Å². The SMILES string of the molecule is CC(C)(C)[Si](C)(C)OCc1cc2cc(CO)ccc2o1. The highest BCUT2D eigenvalue weighted by Crippen LogP contribution is 2.37. The van der Waals surface area contributed by atoms with Gasteiger partial charge in [-0.05, 0) is 41.9 Å². The first-order valence-electron chi connectivity index (χ1n) is 6.99. The van der Waals surface area contributed by atoms with Crippen molar-refractivity contribution in [1.29, 1.82) is 0 Å². The van der Waals surface area contributed by atoms with E-state index in [9.17, 15) is 0 Å². The molecule has 0 spiro atoms. The van der Waals surface area contributed by atoms with Gasteiger partial charge in [0.05, 0.1) is 13.2 Å². The molecule has 3 nitrogen and oxygen atoms in total. The van der Waals surface area contributed by atoms with Crippen molar-refractivity contribution in [3.05, 3.63) is 35.6 Å². The molecule has 0 radical (unpaired) electrons.